The van der Waals surface area contributed by atoms with Crippen molar-refractivity contribution < 1.29 is 9.53 Å². The second-order valence-corrected chi connectivity index (χ2v) is 4.72. The minimum atomic E-state index is -0.0395. The second kappa shape index (κ2) is 4.97. The third kappa shape index (κ3) is 2.25. The van der Waals surface area contributed by atoms with Gasteiger partial charge in [-0.15, -0.1) is 0 Å². The van der Waals surface area contributed by atoms with Crippen molar-refractivity contribution in [1.29, 1.82) is 0 Å². The number of hydrogen-bond donors (Lipinski definition) is 3. The van der Waals surface area contributed by atoms with Crippen LogP contribution in [-0.4, -0.2) is 22.5 Å². The van der Waals surface area contributed by atoms with Crippen LogP contribution in [0.1, 0.15) is 17.9 Å². The van der Waals surface area contributed by atoms with E-state index in [1.54, 1.807) is 0 Å². The van der Waals surface area contributed by atoms with Gasteiger partial charge in [-0.2, -0.15) is 0 Å². The van der Waals surface area contributed by atoms with Crippen molar-refractivity contribution in [3.05, 3.63) is 29.7 Å². The molecule has 0 saturated heterocycles. The summed E-state index contributed by atoms with van der Waals surface area (Å²) in [4.78, 5) is 19.2. The minimum Gasteiger partial charge on any atom is -0.491 e. The molecule has 0 saturated carbocycles. The number of hydrogen-bond acceptors (Lipinski definition) is 4. The van der Waals surface area contributed by atoms with Gasteiger partial charge in [0.25, 0.3) is 0 Å². The van der Waals surface area contributed by atoms with E-state index in [9.17, 15) is 4.79 Å². The number of fused-ring (bicyclic) bond motifs is 1. The SMILES string of the molecule is Cc1[nH]c(CN)nc1-c1ccc2c(c1)NC(=O)CCO2. The summed E-state index contributed by atoms with van der Waals surface area (Å²) < 4.78 is 5.53. The van der Waals surface area contributed by atoms with Gasteiger partial charge in [0, 0.05) is 11.3 Å². The van der Waals surface area contributed by atoms with Crippen molar-refractivity contribution >= 4 is 11.6 Å². The van der Waals surface area contributed by atoms with Gasteiger partial charge >= 0.3 is 0 Å². The number of carbonyl (C=O) groups excluding carboxylic acids is 1. The highest BCUT2D eigenvalue weighted by Crippen LogP contribution is 2.32. The maximum atomic E-state index is 11.6. The lowest BCUT2D eigenvalue weighted by Crippen LogP contribution is -2.10. The number of ether oxygens (including phenoxy) is 1. The van der Waals surface area contributed by atoms with Gasteiger partial charge in [0.1, 0.15) is 11.6 Å². The first kappa shape index (κ1) is 12.7. The zero-order valence-electron chi connectivity index (χ0n) is 11.2. The molecule has 1 aromatic carbocycles. The molecule has 0 atom stereocenters. The van der Waals surface area contributed by atoms with E-state index in [4.69, 9.17) is 10.5 Å². The van der Waals surface area contributed by atoms with Crippen LogP contribution in [0.2, 0.25) is 0 Å². The molecule has 1 aliphatic rings. The molecular formula is C14H16N4O2. The first-order valence-corrected chi connectivity index (χ1v) is 6.50. The van der Waals surface area contributed by atoms with Gasteiger partial charge in [0.2, 0.25) is 5.91 Å². The van der Waals surface area contributed by atoms with Crippen molar-refractivity contribution in [2.24, 2.45) is 5.73 Å². The fourth-order valence-corrected chi connectivity index (χ4v) is 2.27. The van der Waals surface area contributed by atoms with Crippen LogP contribution in [0.25, 0.3) is 11.3 Å². The van der Waals surface area contributed by atoms with Crippen LogP contribution >= 0.6 is 0 Å². The molecular weight excluding hydrogens is 256 g/mol. The highest BCUT2D eigenvalue weighted by molar-refractivity contribution is 5.94. The van der Waals surface area contributed by atoms with Crippen LogP contribution in [0.3, 0.4) is 0 Å². The van der Waals surface area contributed by atoms with Gasteiger partial charge in [-0.1, -0.05) is 0 Å². The van der Waals surface area contributed by atoms with Crippen LogP contribution in [0.15, 0.2) is 18.2 Å². The summed E-state index contributed by atoms with van der Waals surface area (Å²) >= 11 is 0. The van der Waals surface area contributed by atoms with Gasteiger partial charge in [0.05, 0.1) is 31.0 Å². The van der Waals surface area contributed by atoms with E-state index in [0.717, 1.165) is 22.8 Å². The molecule has 104 valence electrons. The molecule has 3 rings (SSSR count). The number of rotatable bonds is 2. The number of nitrogens with two attached hydrogens (primary N) is 1. The van der Waals surface area contributed by atoms with Crippen molar-refractivity contribution in [2.45, 2.75) is 19.9 Å². The number of amides is 1. The topological polar surface area (TPSA) is 93.0 Å². The van der Waals surface area contributed by atoms with E-state index >= 15 is 0 Å². The average Bonchev–Trinajstić information content (AvgIpc) is 2.71. The highest BCUT2D eigenvalue weighted by Gasteiger charge is 2.16. The smallest absolute Gasteiger partial charge is 0.227 e. The Hall–Kier alpha value is -2.34. The Morgan fingerprint density at radius 2 is 2.30 bits per heavy atom. The second-order valence-electron chi connectivity index (χ2n) is 4.72. The molecule has 0 unspecified atom stereocenters. The number of H-pyrrole nitrogens is 1. The lowest BCUT2D eigenvalue weighted by Gasteiger charge is -2.08. The van der Waals surface area contributed by atoms with Crippen LogP contribution in [-0.2, 0) is 11.3 Å². The predicted molar refractivity (Wildman–Crippen MR) is 75.4 cm³/mol. The number of aryl methyl sites for hydroxylation is 1. The monoisotopic (exact) mass is 272 g/mol. The third-order valence-electron chi connectivity index (χ3n) is 3.24. The first-order valence-electron chi connectivity index (χ1n) is 6.50. The van der Waals surface area contributed by atoms with Crippen LogP contribution in [0, 0.1) is 6.92 Å². The Morgan fingerprint density at radius 1 is 1.45 bits per heavy atom. The summed E-state index contributed by atoms with van der Waals surface area (Å²) in [5, 5.41) is 2.85. The third-order valence-corrected chi connectivity index (χ3v) is 3.24. The highest BCUT2D eigenvalue weighted by atomic mass is 16.5. The molecule has 0 bridgehead atoms. The average molecular weight is 272 g/mol. The molecule has 1 amide bonds. The van der Waals surface area contributed by atoms with E-state index in [1.165, 1.54) is 0 Å². The first-order chi connectivity index (χ1) is 9.67. The van der Waals surface area contributed by atoms with Gasteiger partial charge in [-0.05, 0) is 25.1 Å². The Balaban J connectivity index is 2.03. The molecule has 4 N–H and O–H groups in total. The number of anilines is 1. The van der Waals surface area contributed by atoms with Gasteiger partial charge in [-0.25, -0.2) is 4.98 Å². The number of imidazole rings is 1. The van der Waals surface area contributed by atoms with E-state index in [1.807, 2.05) is 25.1 Å². The van der Waals surface area contributed by atoms with Crippen LogP contribution < -0.4 is 15.8 Å². The number of aromatic amines is 1. The maximum absolute atomic E-state index is 11.6. The number of nitrogens with zero attached hydrogens (tertiary/aromatic N) is 1. The Morgan fingerprint density at radius 3 is 3.05 bits per heavy atom. The number of nitrogens with one attached hydrogen (secondary N) is 2. The van der Waals surface area contributed by atoms with Crippen LogP contribution in [0.5, 0.6) is 5.75 Å². The summed E-state index contributed by atoms with van der Waals surface area (Å²) in [6.07, 6.45) is 0.364. The summed E-state index contributed by atoms with van der Waals surface area (Å²) in [5.41, 5.74) is 8.98. The lowest BCUT2D eigenvalue weighted by atomic mass is 10.1. The summed E-state index contributed by atoms with van der Waals surface area (Å²) in [6, 6.07) is 5.66. The molecule has 20 heavy (non-hydrogen) atoms. The summed E-state index contributed by atoms with van der Waals surface area (Å²) in [7, 11) is 0. The molecule has 1 aliphatic heterocycles. The summed E-state index contributed by atoms with van der Waals surface area (Å²) in [5.74, 6) is 1.39. The molecule has 6 nitrogen and oxygen atoms in total. The number of aromatic nitrogens is 2. The van der Waals surface area contributed by atoms with Gasteiger partial charge in [0.15, 0.2) is 0 Å². The fourth-order valence-electron chi connectivity index (χ4n) is 2.27. The maximum Gasteiger partial charge on any atom is 0.227 e. The minimum absolute atomic E-state index is 0.0395. The number of benzene rings is 1. The van der Waals surface area contributed by atoms with E-state index < -0.39 is 0 Å². The largest absolute Gasteiger partial charge is 0.491 e. The van der Waals surface area contributed by atoms with Crippen molar-refractivity contribution in [1.82, 2.24) is 9.97 Å². The lowest BCUT2D eigenvalue weighted by molar-refractivity contribution is -0.116. The molecule has 0 aliphatic carbocycles. The molecule has 6 heteroatoms. The molecule has 0 fully saturated rings. The fraction of sp³-hybridized carbons (Fsp3) is 0.286. The molecule has 2 heterocycles. The standard InChI is InChI=1S/C14H16N4O2/c1-8-14(18-12(7-15)16-8)9-2-3-11-10(6-9)17-13(19)4-5-20-11/h2-3,6H,4-5,7,15H2,1H3,(H,16,18)(H,17,19). The zero-order chi connectivity index (χ0) is 14.1. The Kier molecular flexibility index (Phi) is 3.15. The van der Waals surface area contributed by atoms with Crippen LogP contribution in [0.4, 0.5) is 5.69 Å². The number of carbonyl (C=O) groups is 1. The molecule has 2 aromatic rings. The zero-order valence-corrected chi connectivity index (χ0v) is 11.2. The van der Waals surface area contributed by atoms with E-state index in [-0.39, 0.29) is 5.91 Å². The van der Waals surface area contributed by atoms with Gasteiger partial charge in [-0.3, -0.25) is 4.79 Å². The Labute approximate surface area is 116 Å². The quantitative estimate of drug-likeness (QED) is 0.773. The predicted octanol–water partition coefficient (Wildman–Crippen LogP) is 1.56. The normalized spacial score (nSPS) is 14.2. The molecule has 0 spiro atoms. The van der Waals surface area contributed by atoms with Crippen molar-refractivity contribution in [3.8, 4) is 17.0 Å². The summed E-state index contributed by atoms with van der Waals surface area (Å²) in [6.45, 7) is 2.71. The molecule has 1 aromatic heterocycles. The van der Waals surface area contributed by atoms with E-state index in [0.29, 0.717) is 31.0 Å². The van der Waals surface area contributed by atoms with Gasteiger partial charge < -0.3 is 20.8 Å². The van der Waals surface area contributed by atoms with Crippen molar-refractivity contribution in [3.63, 3.8) is 0 Å². The van der Waals surface area contributed by atoms with E-state index in [2.05, 4.69) is 15.3 Å². The molecule has 0 radical (unpaired) electrons. The Bertz CT molecular complexity index is 663. The van der Waals surface area contributed by atoms with Crippen molar-refractivity contribution in [2.75, 3.05) is 11.9 Å².